The maximum atomic E-state index is 13.6. The van der Waals surface area contributed by atoms with Gasteiger partial charge in [-0.3, -0.25) is 9.36 Å². The van der Waals surface area contributed by atoms with E-state index in [4.69, 9.17) is 4.74 Å². The first-order chi connectivity index (χ1) is 17.0. The molecule has 2 heterocycles. The van der Waals surface area contributed by atoms with Crippen LogP contribution in [0.2, 0.25) is 0 Å². The van der Waals surface area contributed by atoms with Crippen molar-refractivity contribution >= 4 is 5.78 Å². The number of ether oxygens (including phenoxy) is 1. The maximum absolute atomic E-state index is 13.6. The van der Waals surface area contributed by atoms with Crippen LogP contribution in [-0.2, 0) is 7.05 Å². The molecule has 1 aliphatic rings. The van der Waals surface area contributed by atoms with E-state index in [1.807, 2.05) is 42.1 Å². The first-order valence-corrected chi connectivity index (χ1v) is 11.9. The second-order valence-electron chi connectivity index (χ2n) is 9.07. The van der Waals surface area contributed by atoms with E-state index in [0.29, 0.717) is 22.7 Å². The van der Waals surface area contributed by atoms with Crippen molar-refractivity contribution in [3.05, 3.63) is 77.7 Å². The van der Waals surface area contributed by atoms with E-state index in [1.165, 1.54) is 0 Å². The number of methoxy groups -OCH3 is 1. The van der Waals surface area contributed by atoms with Crippen LogP contribution in [-0.4, -0.2) is 37.2 Å². The van der Waals surface area contributed by atoms with Crippen molar-refractivity contribution in [1.29, 1.82) is 0 Å². The predicted octanol–water partition coefficient (Wildman–Crippen LogP) is 5.58. The van der Waals surface area contributed by atoms with Gasteiger partial charge in [-0.05, 0) is 61.4 Å². The number of nitrogens with zero attached hydrogens (tertiary/aromatic N) is 3. The van der Waals surface area contributed by atoms with Crippen LogP contribution in [0.1, 0.15) is 59.6 Å². The highest BCUT2D eigenvalue weighted by molar-refractivity contribution is 6.12. The number of carbonyl (C=O) groups excluding carboxylic acids is 1. The lowest BCUT2D eigenvalue weighted by Gasteiger charge is -2.25. The number of aryl methyl sites for hydroxylation is 1. The fourth-order valence-electron chi connectivity index (χ4n) is 5.10. The Labute approximate surface area is 204 Å². The molecule has 0 bridgehead atoms. The van der Waals surface area contributed by atoms with Gasteiger partial charge >= 0.3 is 0 Å². The number of rotatable bonds is 6. The standard InChI is InChI=1S/C28H29N3O4/c1-30-17-16-29-27(30)20-8-12-21(13-9-20)31-24(18-6-4-3-5-7-18)23(26(33)28(31)34)25(32)19-10-14-22(35-2)15-11-19/h8-18,33-34H,3-7H2,1-2H3. The molecule has 1 aliphatic carbocycles. The topological polar surface area (TPSA) is 89.5 Å². The Bertz CT molecular complexity index is 1340. The lowest BCUT2D eigenvalue weighted by atomic mass is 9.84. The quantitative estimate of drug-likeness (QED) is 0.359. The molecule has 2 N–H and O–H groups in total. The number of hydrogen-bond donors (Lipinski definition) is 2. The van der Waals surface area contributed by atoms with Gasteiger partial charge in [0.05, 0.1) is 12.7 Å². The highest BCUT2D eigenvalue weighted by Crippen LogP contribution is 2.46. The van der Waals surface area contributed by atoms with Gasteiger partial charge in [0.25, 0.3) is 0 Å². The van der Waals surface area contributed by atoms with Gasteiger partial charge in [-0.2, -0.15) is 0 Å². The van der Waals surface area contributed by atoms with E-state index in [9.17, 15) is 15.0 Å². The number of aromatic nitrogens is 3. The smallest absolute Gasteiger partial charge is 0.240 e. The molecule has 0 atom stereocenters. The molecular weight excluding hydrogens is 442 g/mol. The second-order valence-corrected chi connectivity index (χ2v) is 9.07. The number of hydrogen-bond acceptors (Lipinski definition) is 5. The minimum atomic E-state index is -0.375. The van der Waals surface area contributed by atoms with E-state index < -0.39 is 0 Å². The average Bonchev–Trinajstić information content (AvgIpc) is 3.44. The van der Waals surface area contributed by atoms with Crippen molar-refractivity contribution in [2.45, 2.75) is 38.0 Å². The fraction of sp³-hybridized carbons (Fsp3) is 0.286. The normalized spacial score (nSPS) is 14.2. The maximum Gasteiger partial charge on any atom is 0.240 e. The van der Waals surface area contributed by atoms with Gasteiger partial charge in [0.2, 0.25) is 5.88 Å². The first kappa shape index (κ1) is 22.8. The highest BCUT2D eigenvalue weighted by atomic mass is 16.5. The van der Waals surface area contributed by atoms with Crippen LogP contribution < -0.4 is 4.74 Å². The summed E-state index contributed by atoms with van der Waals surface area (Å²) in [6.07, 6.45) is 8.68. The molecule has 1 fully saturated rings. The summed E-state index contributed by atoms with van der Waals surface area (Å²) in [7, 11) is 3.51. The third-order valence-corrected chi connectivity index (χ3v) is 6.93. The predicted molar refractivity (Wildman–Crippen MR) is 134 cm³/mol. The summed E-state index contributed by atoms with van der Waals surface area (Å²) in [5, 5.41) is 22.1. The molecule has 1 saturated carbocycles. The van der Waals surface area contributed by atoms with Crippen LogP contribution >= 0.6 is 0 Å². The molecule has 4 aromatic rings. The molecule has 180 valence electrons. The molecule has 0 spiro atoms. The van der Waals surface area contributed by atoms with E-state index in [-0.39, 0.29) is 28.9 Å². The molecule has 5 rings (SSSR count). The number of benzene rings is 2. The summed E-state index contributed by atoms with van der Waals surface area (Å²) in [6, 6.07) is 14.4. The van der Waals surface area contributed by atoms with Gasteiger partial charge in [0, 0.05) is 47.9 Å². The molecule has 0 saturated heterocycles. The van der Waals surface area contributed by atoms with Gasteiger partial charge in [-0.25, -0.2) is 4.98 Å². The molecule has 2 aromatic heterocycles. The molecule has 0 unspecified atom stereocenters. The molecule has 0 amide bonds. The van der Waals surface area contributed by atoms with Crippen LogP contribution in [0.5, 0.6) is 17.4 Å². The molecule has 7 nitrogen and oxygen atoms in total. The van der Waals surface area contributed by atoms with Crippen LogP contribution in [0.3, 0.4) is 0 Å². The Morgan fingerprint density at radius 1 is 1.00 bits per heavy atom. The van der Waals surface area contributed by atoms with Crippen LogP contribution in [0.25, 0.3) is 17.1 Å². The van der Waals surface area contributed by atoms with Crippen molar-refractivity contribution in [1.82, 2.24) is 14.1 Å². The Kier molecular flexibility index (Phi) is 6.07. The minimum Gasteiger partial charge on any atom is -0.503 e. The Hall–Kier alpha value is -4.00. The zero-order chi connectivity index (χ0) is 24.5. The Balaban J connectivity index is 1.63. The van der Waals surface area contributed by atoms with E-state index in [2.05, 4.69) is 4.98 Å². The third kappa shape index (κ3) is 4.07. The monoisotopic (exact) mass is 471 g/mol. The van der Waals surface area contributed by atoms with Crippen LogP contribution in [0, 0.1) is 0 Å². The van der Waals surface area contributed by atoms with Crippen molar-refractivity contribution in [2.75, 3.05) is 7.11 Å². The van der Waals surface area contributed by atoms with Crippen molar-refractivity contribution in [3.8, 4) is 34.5 Å². The minimum absolute atomic E-state index is 0.0574. The summed E-state index contributed by atoms with van der Waals surface area (Å²) in [6.45, 7) is 0. The van der Waals surface area contributed by atoms with Crippen LogP contribution in [0.15, 0.2) is 60.9 Å². The lowest BCUT2D eigenvalue weighted by molar-refractivity contribution is 0.103. The lowest BCUT2D eigenvalue weighted by Crippen LogP contribution is -2.14. The molecule has 2 aromatic carbocycles. The van der Waals surface area contributed by atoms with Gasteiger partial charge in [-0.1, -0.05) is 19.3 Å². The molecule has 7 heteroatoms. The summed E-state index contributed by atoms with van der Waals surface area (Å²) in [5.74, 6) is 0.531. The van der Waals surface area contributed by atoms with Gasteiger partial charge < -0.3 is 19.5 Å². The zero-order valence-corrected chi connectivity index (χ0v) is 19.9. The third-order valence-electron chi connectivity index (χ3n) is 6.93. The van der Waals surface area contributed by atoms with E-state index in [0.717, 1.165) is 43.5 Å². The first-order valence-electron chi connectivity index (χ1n) is 11.9. The van der Waals surface area contributed by atoms with Crippen LogP contribution in [0.4, 0.5) is 0 Å². The second kappa shape index (κ2) is 9.33. The highest BCUT2D eigenvalue weighted by Gasteiger charge is 2.33. The summed E-state index contributed by atoms with van der Waals surface area (Å²) < 4.78 is 8.79. The number of ketones is 1. The average molecular weight is 472 g/mol. The zero-order valence-electron chi connectivity index (χ0n) is 19.9. The number of aromatic hydroxyl groups is 2. The van der Waals surface area contributed by atoms with Crippen molar-refractivity contribution < 1.29 is 19.7 Å². The summed E-state index contributed by atoms with van der Waals surface area (Å²) >= 11 is 0. The SMILES string of the molecule is COc1ccc(C(=O)c2c(O)c(O)n(-c3ccc(-c4nccn4C)cc3)c2C2CCCCC2)cc1. The van der Waals surface area contributed by atoms with Gasteiger partial charge in [0.15, 0.2) is 11.5 Å². The number of carbonyl (C=O) groups is 1. The fourth-order valence-corrected chi connectivity index (χ4v) is 5.10. The Morgan fingerprint density at radius 2 is 1.69 bits per heavy atom. The van der Waals surface area contributed by atoms with Gasteiger partial charge in [0.1, 0.15) is 11.6 Å². The molecule has 0 aliphatic heterocycles. The summed E-state index contributed by atoms with van der Waals surface area (Å²) in [4.78, 5) is 18.0. The number of imidazole rings is 1. The largest absolute Gasteiger partial charge is 0.503 e. The van der Waals surface area contributed by atoms with E-state index in [1.54, 1.807) is 42.1 Å². The Morgan fingerprint density at radius 3 is 2.29 bits per heavy atom. The van der Waals surface area contributed by atoms with Crippen molar-refractivity contribution in [3.63, 3.8) is 0 Å². The van der Waals surface area contributed by atoms with E-state index >= 15 is 0 Å². The van der Waals surface area contributed by atoms with Crippen molar-refractivity contribution in [2.24, 2.45) is 7.05 Å². The molecule has 0 radical (unpaired) electrons. The summed E-state index contributed by atoms with van der Waals surface area (Å²) in [5.41, 5.74) is 2.90. The molecule has 35 heavy (non-hydrogen) atoms. The van der Waals surface area contributed by atoms with Gasteiger partial charge in [-0.15, -0.1) is 0 Å². The molecular formula is C28H29N3O4.